The van der Waals surface area contributed by atoms with Crippen LogP contribution in [0, 0.1) is 0 Å². The summed E-state index contributed by atoms with van der Waals surface area (Å²) in [6, 6.07) is 51.0. The summed E-state index contributed by atoms with van der Waals surface area (Å²) in [7, 11) is 2.11. The second kappa shape index (κ2) is 10.5. The molecule has 6 aromatic carbocycles. The Morgan fingerprint density at radius 1 is 0.553 bits per heavy atom. The van der Waals surface area contributed by atoms with E-state index in [1.165, 1.54) is 0 Å². The summed E-state index contributed by atoms with van der Waals surface area (Å²) in [5, 5.41) is 0. The number of rotatable bonds is 4. The summed E-state index contributed by atoms with van der Waals surface area (Å²) in [4.78, 5) is 14.4. The fourth-order valence-electron chi connectivity index (χ4n) is 7.70. The van der Waals surface area contributed by atoms with Gasteiger partial charge in [-0.15, -0.1) is 0 Å². The number of benzene rings is 6. The maximum Gasteiger partial charge on any atom is 0.185 e. The summed E-state index contributed by atoms with van der Waals surface area (Å²) in [6.07, 6.45) is 2.38. The van der Waals surface area contributed by atoms with Crippen molar-refractivity contribution in [3.63, 3.8) is 0 Å². The summed E-state index contributed by atoms with van der Waals surface area (Å²) in [6.45, 7) is 0. The van der Waals surface area contributed by atoms with E-state index in [0.29, 0.717) is 5.76 Å². The lowest BCUT2D eigenvalue weighted by Gasteiger charge is -2.48. The number of furan rings is 1. The van der Waals surface area contributed by atoms with Gasteiger partial charge >= 0.3 is 0 Å². The largest absolute Gasteiger partial charge is 0.461 e. The maximum absolute atomic E-state index is 12.2. The molecule has 2 aliphatic heterocycles. The lowest BCUT2D eigenvalue weighted by atomic mass is 9.60. The number of hydrogen-bond donors (Lipinski definition) is 0. The zero-order chi connectivity index (χ0) is 31.5. The van der Waals surface area contributed by atoms with Gasteiger partial charge in [-0.25, -0.2) is 0 Å². The first kappa shape index (κ1) is 27.2. The van der Waals surface area contributed by atoms with E-state index in [-0.39, 0.29) is 0 Å². The highest BCUT2D eigenvalue weighted by Crippen LogP contribution is 2.63. The molecule has 0 radical (unpaired) electrons. The third-order valence-electron chi connectivity index (χ3n) is 9.74. The number of hydrogen-bond acceptors (Lipinski definition) is 4. The third kappa shape index (κ3) is 3.91. The van der Waals surface area contributed by atoms with Crippen molar-refractivity contribution in [3.05, 3.63) is 180 Å². The standard InChI is InChI=1S/C43H29NO3/c1-44-38-18-9-8-16-34(38)43(35-17-10-15-33(42(35)44)32-23-24-46-41(32)27-45)36-25-30(28-11-4-2-5-12-28)19-21-39(36)47-40-22-20-31(26-37(40)43)29-13-6-3-7-14-29/h2-27H,1H3. The van der Waals surface area contributed by atoms with Crippen LogP contribution in [0.25, 0.3) is 33.4 Å². The molecule has 0 atom stereocenters. The van der Waals surface area contributed by atoms with Gasteiger partial charge in [-0.1, -0.05) is 109 Å². The van der Waals surface area contributed by atoms with E-state index in [1.807, 2.05) is 18.2 Å². The minimum Gasteiger partial charge on any atom is -0.461 e. The highest BCUT2D eigenvalue weighted by molar-refractivity contribution is 5.97. The van der Waals surface area contributed by atoms with E-state index >= 15 is 0 Å². The molecular formula is C43H29NO3. The van der Waals surface area contributed by atoms with E-state index < -0.39 is 5.41 Å². The van der Waals surface area contributed by atoms with Crippen LogP contribution < -0.4 is 9.64 Å². The van der Waals surface area contributed by atoms with Gasteiger partial charge in [0.15, 0.2) is 12.0 Å². The number of fused-ring (bicyclic) bond motifs is 8. The highest BCUT2D eigenvalue weighted by Gasteiger charge is 2.51. The molecule has 0 saturated heterocycles. The van der Waals surface area contributed by atoms with Gasteiger partial charge < -0.3 is 14.1 Å². The molecule has 0 amide bonds. The number of carbonyl (C=O) groups is 1. The predicted molar refractivity (Wildman–Crippen MR) is 187 cm³/mol. The summed E-state index contributed by atoms with van der Waals surface area (Å²) < 4.78 is 12.4. The molecule has 0 N–H and O–H groups in total. The molecule has 4 heteroatoms. The van der Waals surface area contributed by atoms with Crippen molar-refractivity contribution < 1.29 is 13.9 Å². The lowest BCUT2D eigenvalue weighted by Crippen LogP contribution is -2.40. The monoisotopic (exact) mass is 607 g/mol. The average Bonchev–Trinajstić information content (AvgIpc) is 3.62. The van der Waals surface area contributed by atoms with E-state index in [4.69, 9.17) is 9.15 Å². The quantitative estimate of drug-likeness (QED) is 0.187. The molecule has 2 aliphatic rings. The molecule has 1 aromatic heterocycles. The van der Waals surface area contributed by atoms with Crippen LogP contribution >= 0.6 is 0 Å². The van der Waals surface area contributed by atoms with E-state index in [0.717, 1.165) is 84.8 Å². The molecule has 0 bridgehead atoms. The van der Waals surface area contributed by atoms with Gasteiger partial charge in [-0.05, 0) is 69.8 Å². The van der Waals surface area contributed by atoms with Crippen LogP contribution in [-0.4, -0.2) is 13.3 Å². The number of ether oxygens (including phenoxy) is 1. The Morgan fingerprint density at radius 2 is 1.15 bits per heavy atom. The summed E-state index contributed by atoms with van der Waals surface area (Å²) in [5.74, 6) is 1.94. The predicted octanol–water partition coefficient (Wildman–Crippen LogP) is 10.7. The van der Waals surface area contributed by atoms with Crippen molar-refractivity contribution in [2.45, 2.75) is 5.41 Å². The van der Waals surface area contributed by atoms with Crippen LogP contribution in [0.3, 0.4) is 0 Å². The first-order valence-corrected chi connectivity index (χ1v) is 15.8. The Bertz CT molecular complexity index is 2230. The van der Waals surface area contributed by atoms with Crippen molar-refractivity contribution >= 4 is 17.7 Å². The first-order valence-electron chi connectivity index (χ1n) is 15.8. The Morgan fingerprint density at radius 3 is 1.79 bits per heavy atom. The van der Waals surface area contributed by atoms with E-state index in [2.05, 4.69) is 139 Å². The van der Waals surface area contributed by atoms with Gasteiger partial charge in [0, 0.05) is 35.0 Å². The SMILES string of the molecule is CN1c2ccccc2C2(c3cc(-c4ccccc4)ccc3Oc3ccc(-c4ccccc4)cc32)c2cccc(-c3ccoc3C=O)c21. The number of carbonyl (C=O) groups excluding carboxylic acids is 1. The minimum absolute atomic E-state index is 0.310. The molecule has 0 saturated carbocycles. The fraction of sp³-hybridized carbons (Fsp3) is 0.0465. The average molecular weight is 608 g/mol. The van der Waals surface area contributed by atoms with Crippen molar-refractivity contribution in [1.82, 2.24) is 0 Å². The Labute approximate surface area is 273 Å². The van der Waals surface area contributed by atoms with Crippen molar-refractivity contribution in [1.29, 1.82) is 0 Å². The second-order valence-corrected chi connectivity index (χ2v) is 12.1. The second-order valence-electron chi connectivity index (χ2n) is 12.1. The molecular weight excluding hydrogens is 578 g/mol. The third-order valence-corrected chi connectivity index (χ3v) is 9.74. The molecule has 9 rings (SSSR count). The van der Waals surface area contributed by atoms with Crippen LogP contribution in [0.2, 0.25) is 0 Å². The molecule has 0 aliphatic carbocycles. The fourth-order valence-corrected chi connectivity index (χ4v) is 7.70. The van der Waals surface area contributed by atoms with Crippen LogP contribution in [0.1, 0.15) is 32.8 Å². The molecule has 4 nitrogen and oxygen atoms in total. The highest BCUT2D eigenvalue weighted by atomic mass is 16.5. The Balaban J connectivity index is 1.45. The Hall–Kier alpha value is -6.13. The molecule has 7 aromatic rings. The number of aldehydes is 1. The minimum atomic E-state index is -0.752. The van der Waals surface area contributed by atoms with Gasteiger partial charge in [-0.2, -0.15) is 0 Å². The lowest BCUT2D eigenvalue weighted by molar-refractivity contribution is 0.110. The molecule has 0 unspecified atom stereocenters. The smallest absolute Gasteiger partial charge is 0.185 e. The van der Waals surface area contributed by atoms with E-state index in [9.17, 15) is 4.79 Å². The van der Waals surface area contributed by atoms with Crippen LogP contribution in [0.15, 0.2) is 156 Å². The molecule has 224 valence electrons. The zero-order valence-electron chi connectivity index (χ0n) is 25.7. The van der Waals surface area contributed by atoms with Crippen molar-refractivity contribution in [2.75, 3.05) is 11.9 Å². The van der Waals surface area contributed by atoms with Gasteiger partial charge in [0.1, 0.15) is 11.5 Å². The number of nitrogens with zero attached hydrogens (tertiary/aromatic N) is 1. The number of anilines is 2. The van der Waals surface area contributed by atoms with Gasteiger partial charge in [0.2, 0.25) is 0 Å². The van der Waals surface area contributed by atoms with Crippen molar-refractivity contribution in [3.8, 4) is 44.9 Å². The normalized spacial score (nSPS) is 13.6. The molecule has 3 heterocycles. The topological polar surface area (TPSA) is 42.7 Å². The van der Waals surface area contributed by atoms with Crippen LogP contribution in [-0.2, 0) is 5.41 Å². The first-order chi connectivity index (χ1) is 23.2. The summed E-state index contributed by atoms with van der Waals surface area (Å²) >= 11 is 0. The van der Waals surface area contributed by atoms with Crippen LogP contribution in [0.4, 0.5) is 11.4 Å². The van der Waals surface area contributed by atoms with Crippen molar-refractivity contribution in [2.24, 2.45) is 0 Å². The molecule has 1 spiro atoms. The molecule has 47 heavy (non-hydrogen) atoms. The number of para-hydroxylation sites is 2. The summed E-state index contributed by atoms with van der Waals surface area (Å²) in [5.41, 5.74) is 12.0. The van der Waals surface area contributed by atoms with Gasteiger partial charge in [-0.3, -0.25) is 4.79 Å². The zero-order valence-corrected chi connectivity index (χ0v) is 25.7. The van der Waals surface area contributed by atoms with E-state index in [1.54, 1.807) is 6.26 Å². The van der Waals surface area contributed by atoms with Crippen LogP contribution in [0.5, 0.6) is 11.5 Å². The Kier molecular flexibility index (Phi) is 6.06. The maximum atomic E-state index is 12.2. The van der Waals surface area contributed by atoms with Gasteiger partial charge in [0.05, 0.1) is 17.4 Å². The molecule has 0 fully saturated rings. The van der Waals surface area contributed by atoms with Gasteiger partial charge in [0.25, 0.3) is 0 Å².